The molecule has 6 heteroatoms. The molecule has 6 nitrogen and oxygen atoms in total. The van der Waals surface area contributed by atoms with Crippen LogP contribution in [0.5, 0.6) is 0 Å². The Morgan fingerprint density at radius 3 is 2.45 bits per heavy atom. The van der Waals surface area contributed by atoms with Gasteiger partial charge >= 0.3 is 0 Å². The minimum absolute atomic E-state index is 0.0234. The average molecular weight is 401 g/mol. The second-order valence-electron chi connectivity index (χ2n) is 8.63. The number of carbonyl (C=O) groups is 2. The van der Waals surface area contributed by atoms with E-state index in [1.165, 1.54) is 24.8 Å². The molecule has 1 saturated heterocycles. The maximum absolute atomic E-state index is 12.6. The van der Waals surface area contributed by atoms with Crippen LogP contribution in [0.3, 0.4) is 0 Å². The van der Waals surface area contributed by atoms with Gasteiger partial charge in [-0.15, -0.1) is 0 Å². The minimum Gasteiger partial charge on any atom is -0.352 e. The predicted molar refractivity (Wildman–Crippen MR) is 117 cm³/mol. The number of benzene rings is 1. The number of rotatable bonds is 6. The van der Waals surface area contributed by atoms with Crippen molar-refractivity contribution in [3.8, 4) is 0 Å². The SMILES string of the molecule is Cc1cccc(NC(=O)CN2CCN([C@H](C)C(=O)NC3CCCCC3)CC2)c1C. The van der Waals surface area contributed by atoms with E-state index in [2.05, 4.69) is 33.4 Å². The van der Waals surface area contributed by atoms with E-state index in [4.69, 9.17) is 0 Å². The molecule has 1 aliphatic heterocycles. The topological polar surface area (TPSA) is 64.7 Å². The van der Waals surface area contributed by atoms with Gasteiger partial charge in [0.15, 0.2) is 0 Å². The molecular formula is C23H36N4O2. The van der Waals surface area contributed by atoms with Crippen LogP contribution >= 0.6 is 0 Å². The summed E-state index contributed by atoms with van der Waals surface area (Å²) in [4.78, 5) is 29.5. The number of piperazine rings is 1. The summed E-state index contributed by atoms with van der Waals surface area (Å²) in [5.41, 5.74) is 3.18. The highest BCUT2D eigenvalue weighted by molar-refractivity contribution is 5.93. The second-order valence-corrected chi connectivity index (χ2v) is 8.63. The van der Waals surface area contributed by atoms with Crippen LogP contribution in [-0.4, -0.2) is 66.4 Å². The Morgan fingerprint density at radius 1 is 1.07 bits per heavy atom. The molecule has 0 bridgehead atoms. The van der Waals surface area contributed by atoms with Gasteiger partial charge in [-0.2, -0.15) is 0 Å². The first-order chi connectivity index (χ1) is 13.9. The van der Waals surface area contributed by atoms with Gasteiger partial charge in [0.25, 0.3) is 0 Å². The Labute approximate surface area is 175 Å². The van der Waals surface area contributed by atoms with Crippen LogP contribution in [0.4, 0.5) is 5.69 Å². The Hall–Kier alpha value is -1.92. The molecule has 1 aromatic rings. The van der Waals surface area contributed by atoms with E-state index in [-0.39, 0.29) is 17.9 Å². The molecule has 2 N–H and O–H groups in total. The monoisotopic (exact) mass is 400 g/mol. The Balaban J connectivity index is 1.41. The molecule has 3 rings (SSSR count). The standard InChI is InChI=1S/C23H36N4O2/c1-17-8-7-11-21(18(17)2)25-22(28)16-26-12-14-27(15-13-26)19(3)23(29)24-20-9-5-4-6-10-20/h7-8,11,19-20H,4-6,9-10,12-16H2,1-3H3,(H,24,29)(H,25,28)/t19-/m1/s1. The Bertz CT molecular complexity index is 707. The fraction of sp³-hybridized carbons (Fsp3) is 0.652. The number of amides is 2. The summed E-state index contributed by atoms with van der Waals surface area (Å²) in [6.45, 7) is 9.72. The molecule has 160 valence electrons. The fourth-order valence-electron chi connectivity index (χ4n) is 4.32. The summed E-state index contributed by atoms with van der Waals surface area (Å²) in [6, 6.07) is 6.22. The molecule has 29 heavy (non-hydrogen) atoms. The zero-order valence-electron chi connectivity index (χ0n) is 18.2. The van der Waals surface area contributed by atoms with Gasteiger partial charge in [0, 0.05) is 37.9 Å². The third-order valence-electron chi connectivity index (χ3n) is 6.53. The molecule has 2 aliphatic rings. The maximum atomic E-state index is 12.6. The van der Waals surface area contributed by atoms with Gasteiger partial charge in [0.05, 0.1) is 12.6 Å². The molecule has 1 heterocycles. The van der Waals surface area contributed by atoms with E-state index in [0.29, 0.717) is 12.6 Å². The lowest BCUT2D eigenvalue weighted by atomic mass is 9.95. The van der Waals surface area contributed by atoms with Crippen molar-refractivity contribution in [3.63, 3.8) is 0 Å². The van der Waals surface area contributed by atoms with E-state index in [1.807, 2.05) is 26.0 Å². The fourth-order valence-corrected chi connectivity index (χ4v) is 4.32. The van der Waals surface area contributed by atoms with Crippen molar-refractivity contribution >= 4 is 17.5 Å². The van der Waals surface area contributed by atoms with Crippen molar-refractivity contribution in [3.05, 3.63) is 29.3 Å². The first-order valence-corrected chi connectivity index (χ1v) is 11.1. The Kier molecular flexibility index (Phi) is 7.67. The van der Waals surface area contributed by atoms with Crippen molar-refractivity contribution in [1.29, 1.82) is 0 Å². The number of anilines is 1. The molecule has 0 aromatic heterocycles. The maximum Gasteiger partial charge on any atom is 0.238 e. The quantitative estimate of drug-likeness (QED) is 0.771. The van der Waals surface area contributed by atoms with Crippen LogP contribution in [0, 0.1) is 13.8 Å². The first-order valence-electron chi connectivity index (χ1n) is 11.1. The van der Waals surface area contributed by atoms with Gasteiger partial charge in [-0.25, -0.2) is 0 Å². The number of hydrogen-bond acceptors (Lipinski definition) is 4. The van der Waals surface area contributed by atoms with Gasteiger partial charge in [-0.3, -0.25) is 19.4 Å². The predicted octanol–water partition coefficient (Wildman–Crippen LogP) is 2.70. The summed E-state index contributed by atoms with van der Waals surface area (Å²) in [6.07, 6.45) is 5.97. The molecular weight excluding hydrogens is 364 g/mol. The van der Waals surface area contributed by atoms with Gasteiger partial charge in [0.2, 0.25) is 11.8 Å². The summed E-state index contributed by atoms with van der Waals surface area (Å²) in [5, 5.41) is 6.28. The molecule has 1 aromatic carbocycles. The van der Waals surface area contributed by atoms with E-state index < -0.39 is 0 Å². The number of hydrogen-bond donors (Lipinski definition) is 2. The lowest BCUT2D eigenvalue weighted by Crippen LogP contribution is -2.55. The average Bonchev–Trinajstić information content (AvgIpc) is 2.72. The first kappa shape index (κ1) is 21.8. The van der Waals surface area contributed by atoms with E-state index >= 15 is 0 Å². The number of carbonyl (C=O) groups excluding carboxylic acids is 2. The third-order valence-corrected chi connectivity index (χ3v) is 6.53. The minimum atomic E-state index is -0.108. The van der Waals surface area contributed by atoms with Crippen LogP contribution in [0.15, 0.2) is 18.2 Å². The second kappa shape index (κ2) is 10.2. The molecule has 0 radical (unpaired) electrons. The van der Waals surface area contributed by atoms with Crippen molar-refractivity contribution in [2.45, 2.75) is 65.0 Å². The van der Waals surface area contributed by atoms with Crippen LogP contribution < -0.4 is 10.6 Å². The summed E-state index contributed by atoms with van der Waals surface area (Å²) in [7, 11) is 0. The van der Waals surface area contributed by atoms with Crippen molar-refractivity contribution in [1.82, 2.24) is 15.1 Å². The molecule has 2 amide bonds. The highest BCUT2D eigenvalue weighted by atomic mass is 16.2. The summed E-state index contributed by atoms with van der Waals surface area (Å²) in [5.74, 6) is 0.174. The lowest BCUT2D eigenvalue weighted by molar-refractivity contribution is -0.128. The molecule has 2 fully saturated rings. The largest absolute Gasteiger partial charge is 0.352 e. The molecule has 0 spiro atoms. The van der Waals surface area contributed by atoms with E-state index in [0.717, 1.165) is 50.3 Å². The van der Waals surface area contributed by atoms with Gasteiger partial charge < -0.3 is 10.6 Å². The van der Waals surface area contributed by atoms with Gasteiger partial charge in [-0.1, -0.05) is 31.4 Å². The van der Waals surface area contributed by atoms with Gasteiger partial charge in [-0.05, 0) is 50.8 Å². The number of nitrogens with zero attached hydrogens (tertiary/aromatic N) is 2. The van der Waals surface area contributed by atoms with Crippen LogP contribution in [0.25, 0.3) is 0 Å². The normalized spacial score (nSPS) is 20.2. The van der Waals surface area contributed by atoms with Crippen molar-refractivity contribution in [2.24, 2.45) is 0 Å². The third kappa shape index (κ3) is 6.03. The van der Waals surface area contributed by atoms with E-state index in [9.17, 15) is 9.59 Å². The molecule has 1 saturated carbocycles. The highest BCUT2D eigenvalue weighted by Crippen LogP contribution is 2.19. The Morgan fingerprint density at radius 2 is 1.76 bits per heavy atom. The molecule has 0 unspecified atom stereocenters. The summed E-state index contributed by atoms with van der Waals surface area (Å²) >= 11 is 0. The van der Waals surface area contributed by atoms with Crippen LogP contribution in [0.2, 0.25) is 0 Å². The van der Waals surface area contributed by atoms with E-state index in [1.54, 1.807) is 0 Å². The molecule has 1 atom stereocenters. The number of nitrogens with one attached hydrogen (secondary N) is 2. The van der Waals surface area contributed by atoms with Crippen molar-refractivity contribution < 1.29 is 9.59 Å². The van der Waals surface area contributed by atoms with Gasteiger partial charge in [0.1, 0.15) is 0 Å². The molecule has 1 aliphatic carbocycles. The zero-order valence-corrected chi connectivity index (χ0v) is 18.2. The lowest BCUT2D eigenvalue weighted by Gasteiger charge is -2.37. The van der Waals surface area contributed by atoms with Crippen molar-refractivity contribution in [2.75, 3.05) is 38.0 Å². The van der Waals surface area contributed by atoms with Crippen LogP contribution in [-0.2, 0) is 9.59 Å². The van der Waals surface area contributed by atoms with Crippen LogP contribution in [0.1, 0.15) is 50.2 Å². The number of aryl methyl sites for hydroxylation is 1. The highest BCUT2D eigenvalue weighted by Gasteiger charge is 2.27. The zero-order chi connectivity index (χ0) is 20.8. The smallest absolute Gasteiger partial charge is 0.238 e. The summed E-state index contributed by atoms with van der Waals surface area (Å²) < 4.78 is 0.